The molecule has 6 rings (SSSR count). The van der Waals surface area contributed by atoms with Gasteiger partial charge in [0.1, 0.15) is 11.9 Å². The number of hydrogen-bond donors (Lipinski definition) is 2. The van der Waals surface area contributed by atoms with Crippen molar-refractivity contribution >= 4 is 17.8 Å². The molecule has 7 heteroatoms. The van der Waals surface area contributed by atoms with Gasteiger partial charge in [0.05, 0.1) is 24.4 Å². The third-order valence-corrected chi connectivity index (χ3v) is 16.5. The normalized spacial score (nSPS) is 39.7. The highest BCUT2D eigenvalue weighted by Crippen LogP contribution is 2.77. The first-order valence-electron chi connectivity index (χ1n) is 19.8. The van der Waals surface area contributed by atoms with Crippen molar-refractivity contribution in [2.45, 2.75) is 139 Å². The lowest BCUT2D eigenvalue weighted by atomic mass is 9.32. The zero-order chi connectivity index (χ0) is 37.4. The lowest BCUT2D eigenvalue weighted by Gasteiger charge is -2.72. The predicted molar refractivity (Wildman–Crippen MR) is 200 cm³/mol. The van der Waals surface area contributed by atoms with Crippen LogP contribution < -0.4 is 10.1 Å². The Hall–Kier alpha value is -2.83. The van der Waals surface area contributed by atoms with Crippen LogP contribution in [-0.4, -0.2) is 36.2 Å². The van der Waals surface area contributed by atoms with Gasteiger partial charge < -0.3 is 19.9 Å². The second-order valence-corrected chi connectivity index (χ2v) is 19.6. The van der Waals surface area contributed by atoms with E-state index in [9.17, 15) is 19.5 Å². The monoisotopic (exact) mass is 703 g/mol. The van der Waals surface area contributed by atoms with Gasteiger partial charge in [-0.2, -0.15) is 0 Å². The Labute approximate surface area is 307 Å². The summed E-state index contributed by atoms with van der Waals surface area (Å²) in [5.41, 5.74) is 0.964. The van der Waals surface area contributed by atoms with Crippen molar-refractivity contribution in [2.75, 3.05) is 7.11 Å². The van der Waals surface area contributed by atoms with Crippen LogP contribution >= 0.6 is 0 Å². The largest absolute Gasteiger partial charge is 0.497 e. The van der Waals surface area contributed by atoms with Crippen LogP contribution in [0.25, 0.3) is 0 Å². The van der Waals surface area contributed by atoms with Crippen LogP contribution in [0.3, 0.4) is 0 Å². The van der Waals surface area contributed by atoms with E-state index < -0.39 is 17.4 Å². The maximum atomic E-state index is 14.5. The van der Waals surface area contributed by atoms with Gasteiger partial charge in [-0.15, -0.1) is 0 Å². The van der Waals surface area contributed by atoms with E-state index in [0.717, 1.165) is 69.1 Å². The van der Waals surface area contributed by atoms with Gasteiger partial charge >= 0.3 is 11.9 Å². The summed E-state index contributed by atoms with van der Waals surface area (Å²) < 4.78 is 11.5. The number of esters is 1. The van der Waals surface area contributed by atoms with Gasteiger partial charge in [-0.3, -0.25) is 14.4 Å². The van der Waals surface area contributed by atoms with Gasteiger partial charge in [0.2, 0.25) is 5.91 Å². The molecule has 5 aliphatic carbocycles. The molecule has 0 bridgehead atoms. The second kappa shape index (κ2) is 12.9. The molecule has 0 aliphatic heterocycles. The molecule has 0 heterocycles. The standard InChI is InChI=1S/C44H65NO6/c1-27(2)30-17-22-44(37(47)45-26-28-11-13-29(50-10)14-12-28)24-23-42(8)31(36(30)44)15-16-33-41(7)20-19-34(51-35(46)25-39(3,4)38(48)49)40(5,6)32(41)18-21-43(33,42)9/h11-14,30-34,36H,1,15-26H2,2-10H3,(H,45,47)(H,48,49)/t30-,31+,32-,33+,34-,36+,41-,42+,43+,44-/m0/s1. The number of carbonyl (C=O) groups excluding carboxylic acids is 2. The number of fused-ring (bicyclic) bond motifs is 7. The van der Waals surface area contributed by atoms with E-state index >= 15 is 0 Å². The molecular weight excluding hydrogens is 638 g/mol. The fraction of sp³-hybridized carbons (Fsp3) is 0.750. The molecule has 51 heavy (non-hydrogen) atoms. The Kier molecular flexibility index (Phi) is 9.61. The van der Waals surface area contributed by atoms with Gasteiger partial charge in [0, 0.05) is 12.0 Å². The number of methoxy groups -OCH3 is 1. The molecule has 10 atom stereocenters. The minimum absolute atomic E-state index is 0.113. The van der Waals surface area contributed by atoms with Crippen LogP contribution in [0.4, 0.5) is 0 Å². The van der Waals surface area contributed by atoms with Crippen molar-refractivity contribution in [3.8, 4) is 5.75 Å². The number of allylic oxidation sites excluding steroid dienone is 1. The summed E-state index contributed by atoms with van der Waals surface area (Å²) in [6.07, 6.45) is 10.0. The second-order valence-electron chi connectivity index (χ2n) is 19.6. The van der Waals surface area contributed by atoms with E-state index in [2.05, 4.69) is 53.4 Å². The number of carboxylic acids is 1. The average Bonchev–Trinajstić information content (AvgIpc) is 3.46. The number of aliphatic carboxylic acids is 1. The number of rotatable bonds is 9. The molecule has 5 saturated carbocycles. The van der Waals surface area contributed by atoms with Gasteiger partial charge in [0.25, 0.3) is 0 Å². The van der Waals surface area contributed by atoms with E-state index in [1.807, 2.05) is 24.3 Å². The number of hydrogen-bond acceptors (Lipinski definition) is 5. The molecule has 5 fully saturated rings. The van der Waals surface area contributed by atoms with Crippen molar-refractivity contribution < 1.29 is 29.0 Å². The van der Waals surface area contributed by atoms with Crippen molar-refractivity contribution in [1.82, 2.24) is 5.32 Å². The molecule has 2 N–H and O–H groups in total. The predicted octanol–water partition coefficient (Wildman–Crippen LogP) is 9.38. The summed E-state index contributed by atoms with van der Waals surface area (Å²) >= 11 is 0. The summed E-state index contributed by atoms with van der Waals surface area (Å²) in [4.78, 5) is 39.3. The Morgan fingerprint density at radius 3 is 2.20 bits per heavy atom. The summed E-state index contributed by atoms with van der Waals surface area (Å²) in [7, 11) is 1.67. The first-order chi connectivity index (χ1) is 23.8. The van der Waals surface area contributed by atoms with Crippen LogP contribution in [-0.2, 0) is 25.7 Å². The van der Waals surface area contributed by atoms with Gasteiger partial charge in [-0.25, -0.2) is 0 Å². The zero-order valence-corrected chi connectivity index (χ0v) is 33.0. The molecule has 0 aromatic heterocycles. The number of nitrogens with one attached hydrogen (secondary N) is 1. The van der Waals surface area contributed by atoms with Crippen LogP contribution in [0.1, 0.15) is 132 Å². The summed E-state index contributed by atoms with van der Waals surface area (Å²) in [5, 5.41) is 13.0. The molecule has 0 saturated heterocycles. The number of carbonyl (C=O) groups is 3. The van der Waals surface area contributed by atoms with E-state index in [0.29, 0.717) is 36.1 Å². The maximum absolute atomic E-state index is 14.5. The molecule has 1 amide bonds. The molecule has 0 unspecified atom stereocenters. The zero-order valence-electron chi connectivity index (χ0n) is 33.0. The molecule has 0 radical (unpaired) electrons. The lowest BCUT2D eigenvalue weighted by molar-refractivity contribution is -0.249. The Morgan fingerprint density at radius 2 is 1.57 bits per heavy atom. The lowest BCUT2D eigenvalue weighted by Crippen LogP contribution is -2.67. The van der Waals surface area contributed by atoms with E-state index in [4.69, 9.17) is 9.47 Å². The first-order valence-corrected chi connectivity index (χ1v) is 19.8. The number of carboxylic acid groups (broad SMARTS) is 1. The van der Waals surface area contributed by atoms with Gasteiger partial charge in [-0.05, 0) is 149 Å². The molecule has 282 valence electrons. The quantitative estimate of drug-likeness (QED) is 0.196. The van der Waals surface area contributed by atoms with E-state index in [1.54, 1.807) is 21.0 Å². The minimum Gasteiger partial charge on any atom is -0.497 e. The number of benzene rings is 1. The van der Waals surface area contributed by atoms with Crippen LogP contribution in [0.2, 0.25) is 0 Å². The minimum atomic E-state index is -1.15. The Bertz CT molecular complexity index is 1550. The molecule has 0 spiro atoms. The third-order valence-electron chi connectivity index (χ3n) is 16.5. The maximum Gasteiger partial charge on any atom is 0.309 e. The van der Waals surface area contributed by atoms with Crippen molar-refractivity contribution in [2.24, 2.45) is 62.1 Å². The van der Waals surface area contributed by atoms with Crippen LogP contribution in [0.15, 0.2) is 36.4 Å². The summed E-state index contributed by atoms with van der Waals surface area (Å²) in [6, 6.07) is 7.99. The third kappa shape index (κ3) is 5.86. The van der Waals surface area contributed by atoms with Crippen LogP contribution in [0.5, 0.6) is 5.75 Å². The van der Waals surface area contributed by atoms with Gasteiger partial charge in [0.15, 0.2) is 0 Å². The highest BCUT2D eigenvalue weighted by molar-refractivity contribution is 5.84. The van der Waals surface area contributed by atoms with Crippen molar-refractivity contribution in [1.29, 1.82) is 0 Å². The number of amides is 1. The SMILES string of the molecule is C=C(C)[C@@H]1CC[C@]2(C(=O)NCc3ccc(OC)cc3)CC[C@]3(C)[C@H](CC[C@@H]4[C@@]5(C)CC[C@H](OC(=O)CC(C)(C)C(=O)O)C(C)(C)[C@@H]5CC[C@]43C)[C@@H]12. The van der Waals surface area contributed by atoms with E-state index in [-0.39, 0.29) is 45.5 Å². The number of ether oxygens (including phenoxy) is 2. The van der Waals surface area contributed by atoms with Crippen LogP contribution in [0, 0.1) is 62.1 Å². The Morgan fingerprint density at radius 1 is 0.882 bits per heavy atom. The molecule has 1 aromatic rings. The summed E-state index contributed by atoms with van der Waals surface area (Å²) in [6.45, 7) is 22.8. The molecule has 7 nitrogen and oxygen atoms in total. The smallest absolute Gasteiger partial charge is 0.309 e. The molecule has 5 aliphatic rings. The van der Waals surface area contributed by atoms with Crippen molar-refractivity contribution in [3.63, 3.8) is 0 Å². The molecule has 1 aromatic carbocycles. The summed E-state index contributed by atoms with van der Waals surface area (Å²) in [5.74, 6) is 1.76. The van der Waals surface area contributed by atoms with Crippen molar-refractivity contribution in [3.05, 3.63) is 42.0 Å². The average molecular weight is 704 g/mol. The van der Waals surface area contributed by atoms with E-state index in [1.165, 1.54) is 12.0 Å². The molecular formula is C44H65NO6. The fourth-order valence-electron chi connectivity index (χ4n) is 13.5. The Balaban J connectivity index is 1.24. The highest BCUT2D eigenvalue weighted by Gasteiger charge is 2.72. The fourth-order valence-corrected chi connectivity index (χ4v) is 13.5. The van der Waals surface area contributed by atoms with Gasteiger partial charge in [-0.1, -0.05) is 58.9 Å². The highest BCUT2D eigenvalue weighted by atomic mass is 16.5. The topological polar surface area (TPSA) is 102 Å². The first kappa shape index (κ1) is 37.9.